The number of carbonyl (C=O) groups is 2. The van der Waals surface area contributed by atoms with Crippen molar-refractivity contribution in [3.8, 4) is 22.8 Å². The molecule has 2 N–H and O–H groups in total. The molecule has 2 aliphatic heterocycles. The Morgan fingerprint density at radius 3 is 2.49 bits per heavy atom. The first-order valence-corrected chi connectivity index (χ1v) is 12.7. The molecule has 4 aromatic rings. The molecule has 0 atom stereocenters. The Balaban J connectivity index is 1.27. The maximum atomic E-state index is 12.9. The molecule has 2 aliphatic rings. The summed E-state index contributed by atoms with van der Waals surface area (Å²) in [5.74, 6) is 1.93. The van der Waals surface area contributed by atoms with E-state index >= 15 is 0 Å². The van der Waals surface area contributed by atoms with Crippen LogP contribution in [0.3, 0.4) is 0 Å². The molecule has 6 rings (SSSR count). The Labute approximate surface area is 224 Å². The Bertz CT molecular complexity index is 1580. The molecule has 0 aliphatic carbocycles. The fourth-order valence-electron chi connectivity index (χ4n) is 4.70. The fraction of sp³-hybridized carbons (Fsp3) is 0.250. The zero-order valence-corrected chi connectivity index (χ0v) is 21.6. The van der Waals surface area contributed by atoms with E-state index in [9.17, 15) is 9.59 Å². The van der Waals surface area contributed by atoms with Gasteiger partial charge in [-0.05, 0) is 55.0 Å². The van der Waals surface area contributed by atoms with Gasteiger partial charge < -0.3 is 24.6 Å². The van der Waals surface area contributed by atoms with Crippen LogP contribution >= 0.6 is 0 Å². The Morgan fingerprint density at radius 1 is 0.872 bits per heavy atom. The first-order valence-electron chi connectivity index (χ1n) is 12.7. The minimum absolute atomic E-state index is 0.144. The van der Waals surface area contributed by atoms with Crippen LogP contribution in [0.25, 0.3) is 22.3 Å². The lowest BCUT2D eigenvalue weighted by Crippen LogP contribution is -2.50. The molecule has 11 heteroatoms. The molecular formula is C28H27N7O4. The number of rotatable bonds is 4. The highest BCUT2D eigenvalue weighted by Crippen LogP contribution is 2.36. The average Bonchev–Trinajstić information content (AvgIpc) is 3.40. The standard InChI is InChI=1S/C28H27N7O4/c1-17-4-3-5-20(14-17)30-28(37)35-12-10-34(11-13-35)26-25-22(32-27(33-26)29-18(2)36)8-7-21(31-25)19-6-9-23-24(15-19)39-16-38-23/h3-9,14-15H,10-13,16H2,1-2H3,(H,30,37)(H,29,32,33,36). The first kappa shape index (κ1) is 24.4. The normalized spacial score (nSPS) is 14.4. The molecule has 2 aromatic heterocycles. The summed E-state index contributed by atoms with van der Waals surface area (Å²) in [5.41, 5.74) is 4.66. The molecular weight excluding hydrogens is 498 g/mol. The number of pyridine rings is 1. The third-order valence-electron chi connectivity index (χ3n) is 6.62. The molecule has 3 amide bonds. The van der Waals surface area contributed by atoms with Gasteiger partial charge in [0.2, 0.25) is 18.6 Å². The molecule has 4 heterocycles. The third-order valence-corrected chi connectivity index (χ3v) is 6.62. The van der Waals surface area contributed by atoms with E-state index in [4.69, 9.17) is 14.5 Å². The molecule has 0 spiro atoms. The van der Waals surface area contributed by atoms with Crippen LogP contribution in [0.1, 0.15) is 12.5 Å². The van der Waals surface area contributed by atoms with E-state index in [1.54, 1.807) is 4.90 Å². The number of nitrogens with one attached hydrogen (secondary N) is 2. The van der Waals surface area contributed by atoms with E-state index in [1.807, 2.05) is 61.5 Å². The number of hydrogen-bond acceptors (Lipinski definition) is 8. The number of hydrogen-bond donors (Lipinski definition) is 2. The number of amides is 3. The van der Waals surface area contributed by atoms with Gasteiger partial charge in [-0.25, -0.2) is 14.8 Å². The maximum absolute atomic E-state index is 12.9. The number of fused-ring (bicyclic) bond motifs is 2. The lowest BCUT2D eigenvalue weighted by Gasteiger charge is -2.35. The van der Waals surface area contributed by atoms with Crippen LogP contribution < -0.4 is 25.0 Å². The second-order valence-electron chi connectivity index (χ2n) is 9.46. The third kappa shape index (κ3) is 5.11. The van der Waals surface area contributed by atoms with Gasteiger partial charge in [0.15, 0.2) is 17.3 Å². The van der Waals surface area contributed by atoms with Gasteiger partial charge in [0.25, 0.3) is 0 Å². The van der Waals surface area contributed by atoms with Gasteiger partial charge in [0, 0.05) is 44.4 Å². The molecule has 0 radical (unpaired) electrons. The van der Waals surface area contributed by atoms with Crippen LogP contribution in [0, 0.1) is 6.92 Å². The van der Waals surface area contributed by atoms with Crippen LogP contribution in [0.2, 0.25) is 0 Å². The van der Waals surface area contributed by atoms with E-state index in [0.717, 1.165) is 22.5 Å². The topological polar surface area (TPSA) is 122 Å². The molecule has 198 valence electrons. The van der Waals surface area contributed by atoms with Crippen LogP contribution in [0.4, 0.5) is 22.2 Å². The highest BCUT2D eigenvalue weighted by molar-refractivity contribution is 5.93. The van der Waals surface area contributed by atoms with E-state index in [0.29, 0.717) is 54.5 Å². The SMILES string of the molecule is CC(=O)Nc1nc(N2CCN(C(=O)Nc3cccc(C)c3)CC2)c2nc(-c3ccc4c(c3)OCO4)ccc2n1. The highest BCUT2D eigenvalue weighted by atomic mass is 16.7. The Hall–Kier alpha value is -4.93. The number of carbonyl (C=O) groups excluding carboxylic acids is 2. The highest BCUT2D eigenvalue weighted by Gasteiger charge is 2.25. The van der Waals surface area contributed by atoms with Crippen molar-refractivity contribution in [1.29, 1.82) is 0 Å². The van der Waals surface area contributed by atoms with E-state index in [2.05, 4.69) is 25.5 Å². The van der Waals surface area contributed by atoms with Crippen molar-refractivity contribution < 1.29 is 19.1 Å². The van der Waals surface area contributed by atoms with Crippen molar-refractivity contribution in [2.75, 3.05) is 48.5 Å². The van der Waals surface area contributed by atoms with Crippen molar-refractivity contribution in [2.45, 2.75) is 13.8 Å². The molecule has 1 fully saturated rings. The van der Waals surface area contributed by atoms with Crippen molar-refractivity contribution in [1.82, 2.24) is 19.9 Å². The van der Waals surface area contributed by atoms with Crippen molar-refractivity contribution in [3.05, 3.63) is 60.2 Å². The first-order chi connectivity index (χ1) is 18.9. The van der Waals surface area contributed by atoms with Crippen LogP contribution in [0.15, 0.2) is 54.6 Å². The monoisotopic (exact) mass is 525 g/mol. The number of anilines is 3. The minimum atomic E-state index is -0.261. The number of aryl methyl sites for hydroxylation is 1. The van der Waals surface area contributed by atoms with Gasteiger partial charge in [0.05, 0.1) is 11.2 Å². The number of ether oxygens (including phenoxy) is 2. The van der Waals surface area contributed by atoms with E-state index in [-0.39, 0.29) is 24.7 Å². The van der Waals surface area contributed by atoms with Gasteiger partial charge >= 0.3 is 6.03 Å². The summed E-state index contributed by atoms with van der Waals surface area (Å²) in [4.78, 5) is 42.6. The molecule has 0 unspecified atom stereocenters. The second-order valence-corrected chi connectivity index (χ2v) is 9.46. The van der Waals surface area contributed by atoms with Crippen molar-refractivity contribution in [2.24, 2.45) is 0 Å². The van der Waals surface area contributed by atoms with Gasteiger partial charge in [-0.15, -0.1) is 0 Å². The number of urea groups is 1. The van der Waals surface area contributed by atoms with Crippen molar-refractivity contribution >= 4 is 40.4 Å². The average molecular weight is 526 g/mol. The summed E-state index contributed by atoms with van der Waals surface area (Å²) in [6, 6.07) is 17.0. The molecule has 11 nitrogen and oxygen atoms in total. The van der Waals surface area contributed by atoms with Crippen LogP contribution in [-0.4, -0.2) is 64.8 Å². The van der Waals surface area contributed by atoms with Crippen LogP contribution in [0.5, 0.6) is 11.5 Å². The Kier molecular flexibility index (Phi) is 6.31. The summed E-state index contributed by atoms with van der Waals surface area (Å²) in [7, 11) is 0. The summed E-state index contributed by atoms with van der Waals surface area (Å²) >= 11 is 0. The lowest BCUT2D eigenvalue weighted by atomic mass is 10.1. The van der Waals surface area contributed by atoms with E-state index < -0.39 is 0 Å². The second kappa shape index (κ2) is 10.1. The lowest BCUT2D eigenvalue weighted by molar-refractivity contribution is -0.114. The Morgan fingerprint density at radius 2 is 1.69 bits per heavy atom. The van der Waals surface area contributed by atoms with Gasteiger partial charge in [0.1, 0.15) is 5.52 Å². The largest absolute Gasteiger partial charge is 0.454 e. The summed E-state index contributed by atoms with van der Waals surface area (Å²) in [5, 5.41) is 5.66. The number of aromatic nitrogens is 3. The van der Waals surface area contributed by atoms with Crippen molar-refractivity contribution in [3.63, 3.8) is 0 Å². The summed E-state index contributed by atoms with van der Waals surface area (Å²) in [6.45, 7) is 5.69. The maximum Gasteiger partial charge on any atom is 0.321 e. The molecule has 0 saturated carbocycles. The summed E-state index contributed by atoms with van der Waals surface area (Å²) < 4.78 is 11.0. The number of nitrogens with zero attached hydrogens (tertiary/aromatic N) is 5. The summed E-state index contributed by atoms with van der Waals surface area (Å²) in [6.07, 6.45) is 0. The quantitative estimate of drug-likeness (QED) is 0.409. The molecule has 0 bridgehead atoms. The molecule has 1 saturated heterocycles. The molecule has 39 heavy (non-hydrogen) atoms. The van der Waals surface area contributed by atoms with Gasteiger partial charge in [-0.2, -0.15) is 4.98 Å². The van der Waals surface area contributed by atoms with Crippen LogP contribution in [-0.2, 0) is 4.79 Å². The predicted octanol–water partition coefficient (Wildman–Crippen LogP) is 4.04. The van der Waals surface area contributed by atoms with Gasteiger partial charge in [-0.1, -0.05) is 12.1 Å². The number of benzene rings is 2. The number of piperazine rings is 1. The zero-order chi connectivity index (χ0) is 26.9. The van der Waals surface area contributed by atoms with Gasteiger partial charge in [-0.3, -0.25) is 10.1 Å². The zero-order valence-electron chi connectivity index (χ0n) is 21.6. The van der Waals surface area contributed by atoms with E-state index in [1.165, 1.54) is 6.92 Å². The predicted molar refractivity (Wildman–Crippen MR) is 147 cm³/mol. The smallest absolute Gasteiger partial charge is 0.321 e. The minimum Gasteiger partial charge on any atom is -0.454 e. The fourth-order valence-corrected chi connectivity index (χ4v) is 4.70. The molecule has 2 aromatic carbocycles.